The van der Waals surface area contributed by atoms with Crippen molar-refractivity contribution < 1.29 is 9.50 Å². The van der Waals surface area contributed by atoms with Gasteiger partial charge in [-0.05, 0) is 37.1 Å². The van der Waals surface area contributed by atoms with E-state index in [4.69, 9.17) is 0 Å². The van der Waals surface area contributed by atoms with Crippen LogP contribution in [0.2, 0.25) is 0 Å². The quantitative estimate of drug-likeness (QED) is 0.738. The zero-order valence-electron chi connectivity index (χ0n) is 15.7. The largest absolute Gasteiger partial charge is 0.507 e. The number of aromatic nitrogens is 4. The maximum atomic E-state index is 14.2. The Morgan fingerprint density at radius 1 is 1.04 bits per heavy atom. The number of nitrogens with zero attached hydrogens (tertiary/aromatic N) is 5. The van der Waals surface area contributed by atoms with E-state index in [1.54, 1.807) is 36.8 Å². The Morgan fingerprint density at radius 2 is 1.89 bits per heavy atom. The van der Waals surface area contributed by atoms with Crippen LogP contribution in [0.15, 0.2) is 48.9 Å². The number of halogens is 1. The van der Waals surface area contributed by atoms with Crippen LogP contribution in [0.4, 0.5) is 10.2 Å². The van der Waals surface area contributed by atoms with E-state index in [1.165, 1.54) is 0 Å². The number of hydrogen-bond acceptors (Lipinski definition) is 6. The van der Waals surface area contributed by atoms with E-state index in [0.717, 1.165) is 24.8 Å². The number of phenols is 1. The third-order valence-corrected chi connectivity index (χ3v) is 5.29. The monoisotopic (exact) mass is 379 g/mol. The van der Waals surface area contributed by atoms with Gasteiger partial charge in [0.1, 0.15) is 11.9 Å². The van der Waals surface area contributed by atoms with Crippen LogP contribution in [0.25, 0.3) is 22.5 Å². The molecule has 1 aliphatic rings. The highest BCUT2D eigenvalue weighted by Gasteiger charge is 2.29. The molecule has 0 bridgehead atoms. The fourth-order valence-corrected chi connectivity index (χ4v) is 3.68. The number of hydrogen-bond donors (Lipinski definition) is 1. The van der Waals surface area contributed by atoms with E-state index in [2.05, 4.69) is 20.2 Å². The minimum atomic E-state index is -0.835. The zero-order valence-corrected chi connectivity index (χ0v) is 15.7. The Labute approximate surface area is 163 Å². The van der Waals surface area contributed by atoms with Crippen molar-refractivity contribution in [1.82, 2.24) is 20.2 Å². The first-order valence-corrected chi connectivity index (χ1v) is 9.44. The van der Waals surface area contributed by atoms with E-state index in [9.17, 15) is 9.50 Å². The number of benzene rings is 1. The summed E-state index contributed by atoms with van der Waals surface area (Å²) in [6.07, 6.45) is 7.42. The highest BCUT2D eigenvalue weighted by Crippen LogP contribution is 2.32. The third-order valence-electron chi connectivity index (χ3n) is 5.29. The van der Waals surface area contributed by atoms with Crippen molar-refractivity contribution >= 4 is 5.82 Å². The summed E-state index contributed by atoms with van der Waals surface area (Å²) in [5.74, 6) is 0.726. The lowest BCUT2D eigenvalue weighted by Crippen LogP contribution is -2.41. The molecule has 2 atom stereocenters. The fraction of sp³-hybridized carbons (Fsp3) is 0.333. The van der Waals surface area contributed by atoms with Gasteiger partial charge in [0.25, 0.3) is 0 Å². The SMILES string of the molecule is CN(c1ccc(-c2ccc(-c3cnccn3)cc2O)nn1)[C@H]1CCCC[C@H]1F. The van der Waals surface area contributed by atoms with Crippen molar-refractivity contribution in [1.29, 1.82) is 0 Å². The number of anilines is 1. The van der Waals surface area contributed by atoms with Crippen LogP contribution in [0.3, 0.4) is 0 Å². The summed E-state index contributed by atoms with van der Waals surface area (Å²) in [6.45, 7) is 0. The van der Waals surface area contributed by atoms with E-state index in [-0.39, 0.29) is 11.8 Å². The zero-order chi connectivity index (χ0) is 19.5. The Kier molecular flexibility index (Phi) is 5.14. The van der Waals surface area contributed by atoms with Gasteiger partial charge in [0.15, 0.2) is 5.82 Å². The lowest BCUT2D eigenvalue weighted by atomic mass is 9.92. The first kappa shape index (κ1) is 18.3. The molecule has 0 amide bonds. The number of phenolic OH excluding ortho intramolecular Hbond substituents is 1. The molecule has 144 valence electrons. The van der Waals surface area contributed by atoms with Gasteiger partial charge >= 0.3 is 0 Å². The Morgan fingerprint density at radius 3 is 2.57 bits per heavy atom. The van der Waals surface area contributed by atoms with Crippen LogP contribution in [0.1, 0.15) is 25.7 Å². The fourth-order valence-electron chi connectivity index (χ4n) is 3.68. The third kappa shape index (κ3) is 3.65. The molecule has 28 heavy (non-hydrogen) atoms. The van der Waals surface area contributed by atoms with Gasteiger partial charge in [-0.15, -0.1) is 10.2 Å². The van der Waals surface area contributed by atoms with Gasteiger partial charge in [0, 0.05) is 30.6 Å². The van der Waals surface area contributed by atoms with Crippen molar-refractivity contribution in [3.63, 3.8) is 0 Å². The molecular weight excluding hydrogens is 357 g/mol. The highest BCUT2D eigenvalue weighted by atomic mass is 19.1. The van der Waals surface area contributed by atoms with Crippen LogP contribution >= 0.6 is 0 Å². The van der Waals surface area contributed by atoms with Gasteiger partial charge in [0.05, 0.1) is 23.6 Å². The molecule has 2 heterocycles. The summed E-state index contributed by atoms with van der Waals surface area (Å²) in [7, 11) is 1.86. The lowest BCUT2D eigenvalue weighted by Gasteiger charge is -2.34. The normalized spacial score (nSPS) is 19.4. The molecule has 0 spiro atoms. The first-order chi connectivity index (χ1) is 13.6. The molecule has 0 aliphatic heterocycles. The van der Waals surface area contributed by atoms with Gasteiger partial charge in [-0.1, -0.05) is 18.9 Å². The van der Waals surface area contributed by atoms with Crippen molar-refractivity contribution in [3.05, 3.63) is 48.9 Å². The van der Waals surface area contributed by atoms with Gasteiger partial charge in [0.2, 0.25) is 0 Å². The van der Waals surface area contributed by atoms with E-state index in [0.29, 0.717) is 29.2 Å². The predicted octanol–water partition coefficient (Wildman–Crippen LogP) is 4.02. The topological polar surface area (TPSA) is 75.0 Å². The summed E-state index contributed by atoms with van der Waals surface area (Å²) in [5.41, 5.74) is 2.58. The van der Waals surface area contributed by atoms with Gasteiger partial charge in [-0.3, -0.25) is 9.97 Å². The van der Waals surface area contributed by atoms with Crippen LogP contribution in [-0.2, 0) is 0 Å². The van der Waals surface area contributed by atoms with Crippen molar-refractivity contribution in [2.24, 2.45) is 0 Å². The minimum Gasteiger partial charge on any atom is -0.507 e. The van der Waals surface area contributed by atoms with Gasteiger partial charge in [-0.25, -0.2) is 4.39 Å². The molecule has 2 aromatic heterocycles. The second kappa shape index (κ2) is 7.88. The first-order valence-electron chi connectivity index (χ1n) is 9.44. The molecule has 1 aromatic carbocycles. The molecule has 3 aromatic rings. The van der Waals surface area contributed by atoms with E-state index < -0.39 is 6.17 Å². The Balaban J connectivity index is 1.55. The van der Waals surface area contributed by atoms with Crippen molar-refractivity contribution in [2.75, 3.05) is 11.9 Å². The molecule has 1 saturated carbocycles. The molecule has 0 radical (unpaired) electrons. The standard InChI is InChI=1S/C21H22FN5O/c1-27(19-5-3-2-4-16(19)22)21-9-8-17(25-26-21)15-7-6-14(12-20(15)28)18-13-23-10-11-24-18/h6-13,16,19,28H,2-5H2,1H3/t16-,19+/m1/s1. The molecular formula is C21H22FN5O. The van der Waals surface area contributed by atoms with Crippen LogP contribution in [-0.4, -0.2) is 44.5 Å². The summed E-state index contributed by atoms with van der Waals surface area (Å²) >= 11 is 0. The number of rotatable bonds is 4. The molecule has 1 N–H and O–H groups in total. The molecule has 0 saturated heterocycles. The number of alkyl halides is 1. The second-order valence-electron chi connectivity index (χ2n) is 7.08. The van der Waals surface area contributed by atoms with Crippen LogP contribution < -0.4 is 4.90 Å². The molecule has 1 aliphatic carbocycles. The Bertz CT molecular complexity index is 935. The highest BCUT2D eigenvalue weighted by molar-refractivity contribution is 5.72. The van der Waals surface area contributed by atoms with E-state index >= 15 is 0 Å². The summed E-state index contributed by atoms with van der Waals surface area (Å²) in [6, 6.07) is 8.73. The molecule has 4 rings (SSSR count). The lowest BCUT2D eigenvalue weighted by molar-refractivity contribution is 0.213. The van der Waals surface area contributed by atoms with Crippen LogP contribution in [0, 0.1) is 0 Å². The smallest absolute Gasteiger partial charge is 0.151 e. The summed E-state index contributed by atoms with van der Waals surface area (Å²) < 4.78 is 14.2. The predicted molar refractivity (Wildman–Crippen MR) is 106 cm³/mol. The van der Waals surface area contributed by atoms with E-state index in [1.807, 2.05) is 24.1 Å². The summed E-state index contributed by atoms with van der Waals surface area (Å²) in [5, 5.41) is 19.0. The molecule has 0 unspecified atom stereocenters. The maximum absolute atomic E-state index is 14.2. The van der Waals surface area contributed by atoms with Crippen LogP contribution in [0.5, 0.6) is 5.75 Å². The molecule has 7 heteroatoms. The van der Waals surface area contributed by atoms with Gasteiger partial charge in [-0.2, -0.15) is 0 Å². The average molecular weight is 379 g/mol. The maximum Gasteiger partial charge on any atom is 0.151 e. The summed E-state index contributed by atoms with van der Waals surface area (Å²) in [4.78, 5) is 10.2. The van der Waals surface area contributed by atoms with Crippen molar-refractivity contribution in [3.8, 4) is 28.3 Å². The second-order valence-corrected chi connectivity index (χ2v) is 7.08. The van der Waals surface area contributed by atoms with Crippen molar-refractivity contribution in [2.45, 2.75) is 37.9 Å². The number of aromatic hydroxyl groups is 1. The average Bonchev–Trinajstić information content (AvgIpc) is 2.74. The minimum absolute atomic E-state index is 0.0923. The molecule has 6 nitrogen and oxygen atoms in total. The van der Waals surface area contributed by atoms with Gasteiger partial charge < -0.3 is 10.0 Å². The Hall–Kier alpha value is -3.09. The molecule has 1 fully saturated rings.